The van der Waals surface area contributed by atoms with Crippen LogP contribution in [0.4, 0.5) is 4.39 Å². The Morgan fingerprint density at radius 3 is 2.55 bits per heavy atom. The van der Waals surface area contributed by atoms with E-state index < -0.39 is 5.00 Å². The third kappa shape index (κ3) is 2.71. The molecule has 2 aliphatic rings. The van der Waals surface area contributed by atoms with Crippen molar-refractivity contribution in [2.75, 3.05) is 6.54 Å². The first-order valence-electron chi connectivity index (χ1n) is 7.43. The molecule has 1 saturated carbocycles. The fourth-order valence-corrected chi connectivity index (χ4v) is 4.26. The monoisotopic (exact) mass is 293 g/mol. The average Bonchev–Trinajstić information content (AvgIpc) is 2.77. The van der Waals surface area contributed by atoms with Crippen LogP contribution in [0.1, 0.15) is 38.5 Å². The first-order valence-corrected chi connectivity index (χ1v) is 8.25. The topological polar surface area (TPSA) is 20.3 Å². The van der Waals surface area contributed by atoms with Crippen molar-refractivity contribution in [3.05, 3.63) is 30.3 Å². The van der Waals surface area contributed by atoms with Gasteiger partial charge in [-0.1, -0.05) is 49.2 Å². The molecule has 1 amide bonds. The van der Waals surface area contributed by atoms with Gasteiger partial charge in [-0.15, -0.1) is 0 Å². The predicted octanol–water partition coefficient (Wildman–Crippen LogP) is 4.01. The summed E-state index contributed by atoms with van der Waals surface area (Å²) in [6.07, 6.45) is 5.97. The van der Waals surface area contributed by atoms with E-state index in [1.807, 2.05) is 30.3 Å². The zero-order valence-corrected chi connectivity index (χ0v) is 12.4. The first kappa shape index (κ1) is 13.9. The van der Waals surface area contributed by atoms with Gasteiger partial charge in [0, 0.05) is 23.9 Å². The quantitative estimate of drug-likeness (QED) is 0.839. The van der Waals surface area contributed by atoms with Crippen LogP contribution in [-0.2, 0) is 4.79 Å². The number of carbonyl (C=O) groups excluding carboxylic acids is 1. The smallest absolute Gasteiger partial charge is 0.271 e. The van der Waals surface area contributed by atoms with Gasteiger partial charge in [-0.25, -0.2) is 4.39 Å². The molecule has 1 saturated heterocycles. The van der Waals surface area contributed by atoms with Crippen LogP contribution in [0.15, 0.2) is 35.2 Å². The lowest BCUT2D eigenvalue weighted by atomic mass is 9.94. The molecular formula is C16H20FNOS. The van der Waals surface area contributed by atoms with Gasteiger partial charge in [0.2, 0.25) is 5.00 Å². The number of halogens is 1. The summed E-state index contributed by atoms with van der Waals surface area (Å²) >= 11 is 1.07. The van der Waals surface area contributed by atoms with Crippen molar-refractivity contribution in [3.63, 3.8) is 0 Å². The highest BCUT2D eigenvalue weighted by atomic mass is 32.2. The van der Waals surface area contributed by atoms with Crippen LogP contribution in [0.2, 0.25) is 0 Å². The van der Waals surface area contributed by atoms with Gasteiger partial charge in [0.1, 0.15) is 0 Å². The molecule has 0 N–H and O–H groups in total. The summed E-state index contributed by atoms with van der Waals surface area (Å²) in [5.74, 6) is -0.307. The molecule has 4 heteroatoms. The van der Waals surface area contributed by atoms with Gasteiger partial charge in [-0.2, -0.15) is 0 Å². The van der Waals surface area contributed by atoms with Gasteiger partial charge >= 0.3 is 0 Å². The minimum atomic E-state index is -1.77. The van der Waals surface area contributed by atoms with E-state index in [2.05, 4.69) is 0 Å². The van der Waals surface area contributed by atoms with E-state index in [4.69, 9.17) is 0 Å². The van der Waals surface area contributed by atoms with Gasteiger partial charge in [-0.3, -0.25) is 4.79 Å². The Balaban J connectivity index is 1.70. The first-order chi connectivity index (χ1) is 9.69. The highest BCUT2D eigenvalue weighted by Crippen LogP contribution is 2.43. The third-order valence-corrected chi connectivity index (χ3v) is 5.50. The molecule has 0 radical (unpaired) electrons. The van der Waals surface area contributed by atoms with Crippen molar-refractivity contribution >= 4 is 17.7 Å². The van der Waals surface area contributed by atoms with Crippen molar-refractivity contribution in [2.45, 2.75) is 54.5 Å². The van der Waals surface area contributed by atoms with E-state index in [0.29, 0.717) is 13.0 Å². The molecule has 1 aromatic rings. The lowest BCUT2D eigenvalue weighted by Crippen LogP contribution is -2.41. The van der Waals surface area contributed by atoms with Crippen LogP contribution in [-0.4, -0.2) is 28.4 Å². The molecule has 1 aromatic carbocycles. The molecule has 0 bridgehead atoms. The number of benzene rings is 1. The fourth-order valence-electron chi connectivity index (χ4n) is 3.20. The maximum absolute atomic E-state index is 15.0. The van der Waals surface area contributed by atoms with Gasteiger partial charge in [0.05, 0.1) is 0 Å². The molecule has 3 rings (SSSR count). The normalized spacial score (nSPS) is 28.1. The van der Waals surface area contributed by atoms with E-state index in [9.17, 15) is 9.18 Å². The Labute approximate surface area is 123 Å². The lowest BCUT2D eigenvalue weighted by molar-refractivity contribution is -0.135. The highest BCUT2D eigenvalue weighted by molar-refractivity contribution is 8.01. The van der Waals surface area contributed by atoms with E-state index in [-0.39, 0.29) is 11.9 Å². The molecule has 2 nitrogen and oxygen atoms in total. The molecule has 2 fully saturated rings. The predicted molar refractivity (Wildman–Crippen MR) is 79.3 cm³/mol. The Morgan fingerprint density at radius 2 is 1.85 bits per heavy atom. The number of hydrogen-bond donors (Lipinski definition) is 0. The zero-order valence-electron chi connectivity index (χ0n) is 11.6. The largest absolute Gasteiger partial charge is 0.336 e. The highest BCUT2D eigenvalue weighted by Gasteiger charge is 2.50. The molecule has 0 aromatic heterocycles. The van der Waals surface area contributed by atoms with Gasteiger partial charge in [0.15, 0.2) is 0 Å². The standard InChI is InChI=1S/C16H20FNOS/c17-16(20-14-9-5-2-6-10-14)11-12-18(15(16)19)13-7-3-1-4-8-13/h2,5-6,9-10,13H,1,3-4,7-8,11-12H2. The van der Waals surface area contributed by atoms with Crippen molar-refractivity contribution in [1.82, 2.24) is 4.90 Å². The SMILES string of the molecule is O=C1N(C2CCCCC2)CCC1(F)Sc1ccccc1. The number of amides is 1. The van der Waals surface area contributed by atoms with Crippen molar-refractivity contribution in [2.24, 2.45) is 0 Å². The molecule has 1 aliphatic heterocycles. The van der Waals surface area contributed by atoms with Crippen molar-refractivity contribution < 1.29 is 9.18 Å². The second-order valence-corrected chi connectivity index (χ2v) is 7.01. The Kier molecular flexibility index (Phi) is 4.01. The fraction of sp³-hybridized carbons (Fsp3) is 0.562. The molecule has 20 heavy (non-hydrogen) atoms. The molecule has 108 valence electrons. The molecule has 1 aliphatic carbocycles. The van der Waals surface area contributed by atoms with Crippen molar-refractivity contribution in [3.8, 4) is 0 Å². The zero-order chi connectivity index (χ0) is 14.0. The third-order valence-electron chi connectivity index (χ3n) is 4.29. The Hall–Kier alpha value is -1.03. The van der Waals surface area contributed by atoms with Gasteiger partial charge in [0.25, 0.3) is 5.91 Å². The molecule has 1 atom stereocenters. The summed E-state index contributed by atoms with van der Waals surface area (Å²) < 4.78 is 15.0. The van der Waals surface area contributed by atoms with Crippen LogP contribution in [0.3, 0.4) is 0 Å². The molecular weight excluding hydrogens is 273 g/mol. The minimum absolute atomic E-state index is 0.269. The summed E-state index contributed by atoms with van der Waals surface area (Å²) in [6.45, 7) is 0.569. The summed E-state index contributed by atoms with van der Waals surface area (Å²) in [4.78, 5) is 15.1. The summed E-state index contributed by atoms with van der Waals surface area (Å²) in [7, 11) is 0. The van der Waals surface area contributed by atoms with Gasteiger partial charge in [-0.05, 0) is 25.0 Å². The van der Waals surface area contributed by atoms with E-state index in [1.165, 1.54) is 19.3 Å². The van der Waals surface area contributed by atoms with Crippen molar-refractivity contribution in [1.29, 1.82) is 0 Å². The maximum Gasteiger partial charge on any atom is 0.271 e. The molecule has 1 unspecified atom stereocenters. The lowest BCUT2D eigenvalue weighted by Gasteiger charge is -2.31. The van der Waals surface area contributed by atoms with E-state index >= 15 is 0 Å². The molecule has 0 spiro atoms. The van der Waals surface area contributed by atoms with Crippen LogP contribution in [0.5, 0.6) is 0 Å². The summed E-state index contributed by atoms with van der Waals surface area (Å²) in [6, 6.07) is 9.66. The number of carbonyl (C=O) groups is 1. The average molecular weight is 293 g/mol. The number of thioether (sulfide) groups is 1. The number of alkyl halides is 1. The maximum atomic E-state index is 15.0. The minimum Gasteiger partial charge on any atom is -0.336 e. The van der Waals surface area contributed by atoms with E-state index in [0.717, 1.165) is 29.5 Å². The summed E-state index contributed by atoms with van der Waals surface area (Å²) in [5.41, 5.74) is 0. The van der Waals surface area contributed by atoms with Crippen LogP contribution < -0.4 is 0 Å². The Morgan fingerprint density at radius 1 is 1.15 bits per heavy atom. The van der Waals surface area contributed by atoms with E-state index in [1.54, 1.807) is 4.90 Å². The van der Waals surface area contributed by atoms with Crippen LogP contribution in [0.25, 0.3) is 0 Å². The summed E-state index contributed by atoms with van der Waals surface area (Å²) in [5, 5.41) is -1.77. The second-order valence-electron chi connectivity index (χ2n) is 5.68. The second kappa shape index (κ2) is 5.76. The van der Waals surface area contributed by atoms with Gasteiger partial charge < -0.3 is 4.90 Å². The van der Waals surface area contributed by atoms with Crippen LogP contribution in [0, 0.1) is 0 Å². The van der Waals surface area contributed by atoms with Crippen LogP contribution >= 0.6 is 11.8 Å². The Bertz CT molecular complexity index is 475. The number of hydrogen-bond acceptors (Lipinski definition) is 2. The number of rotatable bonds is 3. The molecule has 1 heterocycles. The number of likely N-dealkylation sites (tertiary alicyclic amines) is 1. The number of nitrogens with zero attached hydrogens (tertiary/aromatic N) is 1.